The first kappa shape index (κ1) is 12.9. The van der Waals surface area contributed by atoms with Gasteiger partial charge in [-0.15, -0.1) is 11.3 Å². The van der Waals surface area contributed by atoms with E-state index >= 15 is 0 Å². The number of rotatable bonds is 2. The molecule has 0 radical (unpaired) electrons. The number of benzene rings is 2. The summed E-state index contributed by atoms with van der Waals surface area (Å²) in [5.74, 6) is 0. The van der Waals surface area contributed by atoms with Gasteiger partial charge in [0.25, 0.3) is 0 Å². The van der Waals surface area contributed by atoms with Crippen molar-refractivity contribution < 1.29 is 0 Å². The van der Waals surface area contributed by atoms with Crippen LogP contribution in [0.4, 0.5) is 10.8 Å². The molecule has 4 heteroatoms. The van der Waals surface area contributed by atoms with Gasteiger partial charge in [-0.25, -0.2) is 4.98 Å². The first-order chi connectivity index (χ1) is 10.3. The number of hydrogen-bond acceptors (Lipinski definition) is 3. The molecule has 0 fully saturated rings. The second kappa shape index (κ2) is 5.17. The van der Waals surface area contributed by atoms with Crippen LogP contribution in [0.1, 0.15) is 10.4 Å². The molecule has 0 unspecified atom stereocenters. The van der Waals surface area contributed by atoms with E-state index in [1.54, 1.807) is 11.3 Å². The van der Waals surface area contributed by atoms with Gasteiger partial charge in [-0.1, -0.05) is 35.9 Å². The van der Waals surface area contributed by atoms with Crippen molar-refractivity contribution in [3.8, 4) is 11.3 Å². The fourth-order valence-electron chi connectivity index (χ4n) is 2.66. The molecule has 1 aliphatic rings. The average Bonchev–Trinajstić information content (AvgIpc) is 2.92. The van der Waals surface area contributed by atoms with Crippen LogP contribution >= 0.6 is 22.9 Å². The Balaban J connectivity index is 1.68. The Kier molecular flexibility index (Phi) is 3.17. The lowest BCUT2D eigenvalue weighted by Gasteiger charge is -2.13. The standard InChI is InChI=1S/C17H13ClN2S/c18-12-6-8-13(9-7-12)19-17-20-16-14-4-2-1-3-11(14)5-10-15(16)21-17/h1-4,6-9H,5,10H2,(H,19,20). The van der Waals surface area contributed by atoms with Crippen LogP contribution in [0.5, 0.6) is 0 Å². The molecular formula is C17H13ClN2S. The molecule has 0 saturated carbocycles. The van der Waals surface area contributed by atoms with E-state index in [1.165, 1.54) is 16.0 Å². The number of aryl methyl sites for hydroxylation is 2. The number of aromatic nitrogens is 1. The van der Waals surface area contributed by atoms with Gasteiger partial charge >= 0.3 is 0 Å². The predicted octanol–water partition coefficient (Wildman–Crippen LogP) is 5.31. The highest BCUT2D eigenvalue weighted by Crippen LogP contribution is 2.38. The van der Waals surface area contributed by atoms with Crippen molar-refractivity contribution in [2.75, 3.05) is 5.32 Å². The quantitative estimate of drug-likeness (QED) is 0.694. The molecule has 0 spiro atoms. The number of anilines is 2. The third-order valence-corrected chi connectivity index (χ3v) is 4.97. The molecule has 1 heterocycles. The van der Waals surface area contributed by atoms with Gasteiger partial charge in [-0.05, 0) is 42.7 Å². The van der Waals surface area contributed by atoms with E-state index in [0.717, 1.165) is 34.4 Å². The molecule has 1 aliphatic carbocycles. The van der Waals surface area contributed by atoms with Gasteiger partial charge in [0, 0.05) is 21.2 Å². The van der Waals surface area contributed by atoms with Crippen molar-refractivity contribution in [1.29, 1.82) is 0 Å². The minimum Gasteiger partial charge on any atom is -0.332 e. The summed E-state index contributed by atoms with van der Waals surface area (Å²) in [5.41, 5.74) is 4.82. The van der Waals surface area contributed by atoms with Crippen LogP contribution < -0.4 is 5.32 Å². The van der Waals surface area contributed by atoms with Gasteiger partial charge in [0.1, 0.15) is 0 Å². The Bertz CT molecular complexity index is 793. The number of nitrogens with zero attached hydrogens (tertiary/aromatic N) is 1. The lowest BCUT2D eigenvalue weighted by atomic mass is 9.94. The second-order valence-corrected chi connectivity index (χ2v) is 6.60. The van der Waals surface area contributed by atoms with Crippen LogP contribution in [0.15, 0.2) is 48.5 Å². The van der Waals surface area contributed by atoms with Gasteiger partial charge in [-0.2, -0.15) is 0 Å². The van der Waals surface area contributed by atoms with Crippen LogP contribution in [0.25, 0.3) is 11.3 Å². The molecule has 104 valence electrons. The zero-order valence-corrected chi connectivity index (χ0v) is 12.8. The monoisotopic (exact) mass is 312 g/mol. The third-order valence-electron chi connectivity index (χ3n) is 3.69. The smallest absolute Gasteiger partial charge is 0.187 e. The van der Waals surface area contributed by atoms with Crippen LogP contribution in [0.3, 0.4) is 0 Å². The van der Waals surface area contributed by atoms with Gasteiger partial charge in [-0.3, -0.25) is 0 Å². The first-order valence-electron chi connectivity index (χ1n) is 6.90. The molecule has 0 atom stereocenters. The molecule has 0 aliphatic heterocycles. The normalized spacial score (nSPS) is 12.6. The molecule has 0 bridgehead atoms. The first-order valence-corrected chi connectivity index (χ1v) is 8.09. The van der Waals surface area contributed by atoms with Crippen LogP contribution in [-0.2, 0) is 12.8 Å². The van der Waals surface area contributed by atoms with Crippen molar-refractivity contribution in [2.45, 2.75) is 12.8 Å². The Morgan fingerprint density at radius 3 is 2.67 bits per heavy atom. The Hall–Kier alpha value is -1.84. The van der Waals surface area contributed by atoms with Crippen LogP contribution in [0, 0.1) is 0 Å². The van der Waals surface area contributed by atoms with Gasteiger partial charge < -0.3 is 5.32 Å². The van der Waals surface area contributed by atoms with Crippen molar-refractivity contribution in [3.05, 3.63) is 64.0 Å². The van der Waals surface area contributed by atoms with E-state index in [4.69, 9.17) is 16.6 Å². The van der Waals surface area contributed by atoms with Crippen molar-refractivity contribution in [2.24, 2.45) is 0 Å². The number of nitrogens with one attached hydrogen (secondary N) is 1. The van der Waals surface area contributed by atoms with Gasteiger partial charge in [0.2, 0.25) is 0 Å². The summed E-state index contributed by atoms with van der Waals surface area (Å²) in [4.78, 5) is 6.15. The number of fused-ring (bicyclic) bond motifs is 3. The fraction of sp³-hybridized carbons (Fsp3) is 0.118. The molecule has 2 nitrogen and oxygen atoms in total. The summed E-state index contributed by atoms with van der Waals surface area (Å²) in [6, 6.07) is 16.2. The largest absolute Gasteiger partial charge is 0.332 e. The molecule has 0 saturated heterocycles. The maximum Gasteiger partial charge on any atom is 0.187 e. The Morgan fingerprint density at radius 2 is 1.81 bits per heavy atom. The summed E-state index contributed by atoms with van der Waals surface area (Å²) in [5, 5.41) is 5.05. The van der Waals surface area contributed by atoms with Crippen molar-refractivity contribution in [1.82, 2.24) is 4.98 Å². The van der Waals surface area contributed by atoms with Crippen molar-refractivity contribution in [3.63, 3.8) is 0 Å². The Labute approximate surface area is 132 Å². The summed E-state index contributed by atoms with van der Waals surface area (Å²) >= 11 is 7.66. The average molecular weight is 313 g/mol. The lowest BCUT2D eigenvalue weighted by molar-refractivity contribution is 0.955. The van der Waals surface area contributed by atoms with E-state index in [9.17, 15) is 0 Å². The molecular weight excluding hydrogens is 300 g/mol. The molecule has 21 heavy (non-hydrogen) atoms. The minimum atomic E-state index is 0.743. The molecule has 3 aromatic rings. The molecule has 2 aromatic carbocycles. The minimum absolute atomic E-state index is 0.743. The highest BCUT2D eigenvalue weighted by Gasteiger charge is 2.20. The van der Waals surface area contributed by atoms with Crippen LogP contribution in [-0.4, -0.2) is 4.98 Å². The van der Waals surface area contributed by atoms with E-state index in [-0.39, 0.29) is 0 Å². The molecule has 4 rings (SSSR count). The van der Waals surface area contributed by atoms with Crippen LogP contribution in [0.2, 0.25) is 5.02 Å². The summed E-state index contributed by atoms with van der Waals surface area (Å²) < 4.78 is 0. The zero-order valence-electron chi connectivity index (χ0n) is 11.3. The molecule has 0 amide bonds. The summed E-state index contributed by atoms with van der Waals surface area (Å²) in [7, 11) is 0. The second-order valence-electron chi connectivity index (χ2n) is 5.08. The van der Waals surface area contributed by atoms with E-state index in [1.807, 2.05) is 24.3 Å². The van der Waals surface area contributed by atoms with Gasteiger partial charge in [0.05, 0.1) is 5.69 Å². The van der Waals surface area contributed by atoms with Crippen molar-refractivity contribution >= 4 is 33.8 Å². The van der Waals surface area contributed by atoms with E-state index in [0.29, 0.717) is 0 Å². The number of hydrogen-bond donors (Lipinski definition) is 1. The molecule has 1 N–H and O–H groups in total. The Morgan fingerprint density at radius 1 is 1.00 bits per heavy atom. The van der Waals surface area contributed by atoms with Gasteiger partial charge in [0.15, 0.2) is 5.13 Å². The number of halogens is 1. The fourth-order valence-corrected chi connectivity index (χ4v) is 3.78. The third kappa shape index (κ3) is 2.43. The maximum atomic E-state index is 5.91. The lowest BCUT2D eigenvalue weighted by Crippen LogP contribution is -2.01. The zero-order chi connectivity index (χ0) is 14.2. The highest BCUT2D eigenvalue weighted by atomic mass is 35.5. The summed E-state index contributed by atoms with van der Waals surface area (Å²) in [6.45, 7) is 0. The predicted molar refractivity (Wildman–Crippen MR) is 89.7 cm³/mol. The molecule has 1 aromatic heterocycles. The van der Waals surface area contributed by atoms with E-state index < -0.39 is 0 Å². The SMILES string of the molecule is Clc1ccc(Nc2nc3c(s2)CCc2ccccc2-3)cc1. The number of thiazole rings is 1. The maximum absolute atomic E-state index is 5.91. The topological polar surface area (TPSA) is 24.9 Å². The highest BCUT2D eigenvalue weighted by molar-refractivity contribution is 7.16. The van der Waals surface area contributed by atoms with E-state index in [2.05, 4.69) is 29.6 Å². The summed E-state index contributed by atoms with van der Waals surface area (Å²) in [6.07, 6.45) is 2.18.